The molecule has 0 bridgehead atoms. The standard InChI is InChI=1S/C11H26N2O/c1-11(5-10-14)13(4)8-6-12(2,3)7-9-13/h11,14H,5-10H2,1-4H3/q+2/t11-/m1/s1. The number of hydrogen-bond donors (Lipinski definition) is 1. The van der Waals surface area contributed by atoms with Crippen LogP contribution < -0.4 is 0 Å². The van der Waals surface area contributed by atoms with Crippen molar-refractivity contribution < 1.29 is 14.1 Å². The number of aliphatic hydroxyl groups is 1. The minimum atomic E-state index is 0.327. The monoisotopic (exact) mass is 202 g/mol. The van der Waals surface area contributed by atoms with Crippen LogP contribution >= 0.6 is 0 Å². The van der Waals surface area contributed by atoms with Gasteiger partial charge in [0.05, 0.1) is 27.2 Å². The van der Waals surface area contributed by atoms with E-state index in [1.165, 1.54) is 26.2 Å². The van der Waals surface area contributed by atoms with Crippen LogP contribution in [0.3, 0.4) is 0 Å². The third-order valence-electron chi connectivity index (χ3n) is 4.04. The Kier molecular flexibility index (Phi) is 3.56. The third kappa shape index (κ3) is 2.69. The van der Waals surface area contributed by atoms with Crippen LogP contribution in [0.2, 0.25) is 0 Å². The van der Waals surface area contributed by atoms with Gasteiger partial charge in [-0.1, -0.05) is 0 Å². The summed E-state index contributed by atoms with van der Waals surface area (Å²) in [7, 11) is 6.94. The number of likely N-dealkylation sites (N-methyl/N-ethyl adjacent to an activating group) is 2. The van der Waals surface area contributed by atoms with Crippen LogP contribution in [0.4, 0.5) is 0 Å². The van der Waals surface area contributed by atoms with E-state index in [2.05, 4.69) is 28.1 Å². The van der Waals surface area contributed by atoms with Crippen molar-refractivity contribution in [3.05, 3.63) is 0 Å². The van der Waals surface area contributed by atoms with Gasteiger partial charge in [-0.2, -0.15) is 0 Å². The van der Waals surface area contributed by atoms with E-state index in [4.69, 9.17) is 5.11 Å². The molecule has 0 aromatic rings. The largest absolute Gasteiger partial charge is 0.396 e. The van der Waals surface area contributed by atoms with E-state index < -0.39 is 0 Å². The Morgan fingerprint density at radius 3 is 2.00 bits per heavy atom. The molecular formula is C11H26N2O+2. The summed E-state index contributed by atoms with van der Waals surface area (Å²) in [6, 6.07) is 0.597. The summed E-state index contributed by atoms with van der Waals surface area (Å²) < 4.78 is 2.29. The van der Waals surface area contributed by atoms with Crippen LogP contribution in [0, 0.1) is 0 Å². The molecule has 0 unspecified atom stereocenters. The third-order valence-corrected chi connectivity index (χ3v) is 4.04. The van der Waals surface area contributed by atoms with Crippen LogP contribution in [0.15, 0.2) is 0 Å². The molecule has 1 aliphatic heterocycles. The fourth-order valence-corrected chi connectivity index (χ4v) is 2.16. The van der Waals surface area contributed by atoms with Crippen molar-refractivity contribution in [1.82, 2.24) is 0 Å². The molecule has 0 aromatic carbocycles. The molecule has 1 atom stereocenters. The summed E-state index contributed by atoms with van der Waals surface area (Å²) in [6.45, 7) is 7.59. The van der Waals surface area contributed by atoms with Crippen molar-refractivity contribution in [3.8, 4) is 0 Å². The molecule has 3 heteroatoms. The lowest BCUT2D eigenvalue weighted by Gasteiger charge is -2.47. The molecule has 1 aliphatic rings. The molecular weight excluding hydrogens is 176 g/mol. The number of hydrogen-bond acceptors (Lipinski definition) is 1. The molecule has 1 heterocycles. The zero-order valence-electron chi connectivity index (χ0n) is 10.2. The van der Waals surface area contributed by atoms with Crippen LogP contribution in [0.25, 0.3) is 0 Å². The second-order valence-corrected chi connectivity index (χ2v) is 5.67. The van der Waals surface area contributed by atoms with Crippen LogP contribution in [-0.4, -0.2) is 74.0 Å². The summed E-state index contributed by atoms with van der Waals surface area (Å²) in [5.74, 6) is 0. The lowest BCUT2D eigenvalue weighted by atomic mass is 10.1. The average molecular weight is 202 g/mol. The lowest BCUT2D eigenvalue weighted by molar-refractivity contribution is -1.02. The molecule has 1 N–H and O–H groups in total. The second-order valence-electron chi connectivity index (χ2n) is 5.67. The Morgan fingerprint density at radius 1 is 1.07 bits per heavy atom. The molecule has 1 rings (SSSR count). The predicted octanol–water partition coefficient (Wildman–Crippen LogP) is 0.294. The van der Waals surface area contributed by atoms with Crippen molar-refractivity contribution in [2.75, 3.05) is 53.9 Å². The predicted molar refractivity (Wildman–Crippen MR) is 58.9 cm³/mol. The number of piperazine rings is 1. The van der Waals surface area contributed by atoms with Crippen molar-refractivity contribution in [3.63, 3.8) is 0 Å². The van der Waals surface area contributed by atoms with Gasteiger partial charge in [0.15, 0.2) is 0 Å². The van der Waals surface area contributed by atoms with Gasteiger partial charge in [0.1, 0.15) is 26.2 Å². The molecule has 14 heavy (non-hydrogen) atoms. The maximum atomic E-state index is 8.97. The molecule has 0 amide bonds. The maximum absolute atomic E-state index is 8.97. The van der Waals surface area contributed by atoms with E-state index in [1.807, 2.05) is 0 Å². The normalized spacial score (nSPS) is 27.2. The van der Waals surface area contributed by atoms with Crippen molar-refractivity contribution in [2.24, 2.45) is 0 Å². The van der Waals surface area contributed by atoms with E-state index in [0.717, 1.165) is 15.4 Å². The van der Waals surface area contributed by atoms with Crippen molar-refractivity contribution in [1.29, 1.82) is 0 Å². The fourth-order valence-electron chi connectivity index (χ4n) is 2.16. The highest BCUT2D eigenvalue weighted by molar-refractivity contribution is 4.56. The number of aliphatic hydroxyl groups excluding tert-OH is 1. The number of rotatable bonds is 3. The van der Waals surface area contributed by atoms with Crippen molar-refractivity contribution >= 4 is 0 Å². The smallest absolute Gasteiger partial charge is 0.129 e. The molecule has 3 nitrogen and oxygen atoms in total. The van der Waals surface area contributed by atoms with Gasteiger partial charge in [0.2, 0.25) is 0 Å². The zero-order chi connectivity index (χ0) is 10.8. The van der Waals surface area contributed by atoms with E-state index >= 15 is 0 Å². The molecule has 0 spiro atoms. The maximum Gasteiger partial charge on any atom is 0.129 e. The Bertz CT molecular complexity index is 182. The summed E-state index contributed by atoms with van der Waals surface area (Å²) in [5, 5.41) is 8.97. The Balaban J connectivity index is 2.52. The van der Waals surface area contributed by atoms with Crippen molar-refractivity contribution in [2.45, 2.75) is 19.4 Å². The topological polar surface area (TPSA) is 20.2 Å². The van der Waals surface area contributed by atoms with Gasteiger partial charge >= 0.3 is 0 Å². The molecule has 84 valence electrons. The van der Waals surface area contributed by atoms with Crippen LogP contribution in [-0.2, 0) is 0 Å². The van der Waals surface area contributed by atoms with E-state index in [-0.39, 0.29) is 0 Å². The Hall–Kier alpha value is -0.120. The highest BCUT2D eigenvalue weighted by atomic mass is 16.3. The van der Waals surface area contributed by atoms with Gasteiger partial charge in [-0.3, -0.25) is 0 Å². The molecule has 0 aromatic heterocycles. The van der Waals surface area contributed by atoms with Gasteiger partial charge in [-0.05, 0) is 6.92 Å². The molecule has 0 aliphatic carbocycles. The minimum Gasteiger partial charge on any atom is -0.396 e. The van der Waals surface area contributed by atoms with Gasteiger partial charge in [0, 0.05) is 13.0 Å². The van der Waals surface area contributed by atoms with Gasteiger partial charge < -0.3 is 14.1 Å². The fraction of sp³-hybridized carbons (Fsp3) is 1.00. The minimum absolute atomic E-state index is 0.327. The van der Waals surface area contributed by atoms with Crippen LogP contribution in [0.5, 0.6) is 0 Å². The van der Waals surface area contributed by atoms with E-state index in [9.17, 15) is 0 Å². The summed E-state index contributed by atoms with van der Waals surface area (Å²) in [5.41, 5.74) is 0. The molecule has 0 radical (unpaired) electrons. The average Bonchev–Trinajstić information content (AvgIpc) is 2.11. The molecule has 0 saturated carbocycles. The summed E-state index contributed by atoms with van der Waals surface area (Å²) in [4.78, 5) is 0. The lowest BCUT2D eigenvalue weighted by Crippen LogP contribution is -2.65. The highest BCUT2D eigenvalue weighted by Crippen LogP contribution is 2.19. The number of nitrogens with zero attached hydrogens (tertiary/aromatic N) is 2. The SMILES string of the molecule is C[C@H](CCO)[N+]1(C)CC[N+](C)(C)CC1. The first kappa shape index (κ1) is 12.0. The van der Waals surface area contributed by atoms with Gasteiger partial charge in [-0.25, -0.2) is 0 Å². The first-order chi connectivity index (χ1) is 6.40. The van der Waals surface area contributed by atoms with E-state index in [0.29, 0.717) is 12.6 Å². The molecule has 1 fully saturated rings. The Labute approximate surface area is 88.1 Å². The summed E-state index contributed by atoms with van der Waals surface area (Å²) >= 11 is 0. The molecule has 1 saturated heterocycles. The first-order valence-electron chi connectivity index (χ1n) is 5.67. The Morgan fingerprint density at radius 2 is 1.57 bits per heavy atom. The van der Waals surface area contributed by atoms with Crippen LogP contribution in [0.1, 0.15) is 13.3 Å². The quantitative estimate of drug-likeness (QED) is 0.652. The van der Waals surface area contributed by atoms with Gasteiger partial charge in [-0.15, -0.1) is 0 Å². The second kappa shape index (κ2) is 4.17. The van der Waals surface area contributed by atoms with Gasteiger partial charge in [0.25, 0.3) is 0 Å². The highest BCUT2D eigenvalue weighted by Gasteiger charge is 2.37. The number of quaternary nitrogens is 2. The van der Waals surface area contributed by atoms with E-state index in [1.54, 1.807) is 0 Å². The summed E-state index contributed by atoms with van der Waals surface area (Å²) in [6.07, 6.45) is 0.934. The zero-order valence-corrected chi connectivity index (χ0v) is 10.2. The first-order valence-corrected chi connectivity index (χ1v) is 5.67.